The molecule has 0 aliphatic carbocycles. The van der Waals surface area contributed by atoms with Crippen LogP contribution in [0, 0.1) is 0 Å². The molecule has 0 saturated carbocycles. The van der Waals surface area contributed by atoms with E-state index in [1.807, 2.05) is 18.5 Å². The highest BCUT2D eigenvalue weighted by Gasteiger charge is 2.45. The third-order valence-corrected chi connectivity index (χ3v) is 6.19. The fraction of sp³-hybridized carbons (Fsp3) is 0.435. The van der Waals surface area contributed by atoms with E-state index in [9.17, 15) is 0 Å². The predicted octanol–water partition coefficient (Wildman–Crippen LogP) is 3.59. The lowest BCUT2D eigenvalue weighted by molar-refractivity contribution is -0.00698. The monoisotopic (exact) mass is 392 g/mol. The van der Waals surface area contributed by atoms with Gasteiger partial charge in [0.1, 0.15) is 11.4 Å². The van der Waals surface area contributed by atoms with Crippen molar-refractivity contribution in [3.05, 3.63) is 60.2 Å². The Morgan fingerprint density at radius 2 is 1.97 bits per heavy atom. The van der Waals surface area contributed by atoms with Crippen LogP contribution >= 0.6 is 0 Å². The SMILES string of the molecule is CN(C)CCn1ncc2c1-c1ccccc1OC21CCN(Cc2ccoc2)CC1. The molecule has 1 spiro atoms. The number of hydrogen-bond acceptors (Lipinski definition) is 5. The third-order valence-electron chi connectivity index (χ3n) is 6.19. The molecule has 6 nitrogen and oxygen atoms in total. The second-order valence-corrected chi connectivity index (χ2v) is 8.43. The molecule has 6 heteroatoms. The Kier molecular flexibility index (Phi) is 4.68. The molecule has 0 bridgehead atoms. The van der Waals surface area contributed by atoms with E-state index in [0.717, 1.165) is 56.9 Å². The molecular weight excluding hydrogens is 364 g/mol. The Morgan fingerprint density at radius 3 is 2.72 bits per heavy atom. The normalized spacial score (nSPS) is 17.9. The van der Waals surface area contributed by atoms with Gasteiger partial charge in [-0.2, -0.15) is 5.10 Å². The third kappa shape index (κ3) is 3.36. The Hall–Kier alpha value is -2.57. The van der Waals surface area contributed by atoms with Gasteiger partial charge in [0, 0.05) is 55.7 Å². The van der Waals surface area contributed by atoms with E-state index in [-0.39, 0.29) is 5.60 Å². The molecule has 4 heterocycles. The molecule has 1 saturated heterocycles. The number of fused-ring (bicyclic) bond motifs is 4. The Balaban J connectivity index is 1.44. The van der Waals surface area contributed by atoms with Crippen molar-refractivity contribution >= 4 is 0 Å². The number of likely N-dealkylation sites (N-methyl/N-ethyl adjacent to an activating group) is 1. The second-order valence-electron chi connectivity index (χ2n) is 8.43. The molecule has 1 aromatic carbocycles. The van der Waals surface area contributed by atoms with Crippen LogP contribution in [0.15, 0.2) is 53.5 Å². The zero-order valence-electron chi connectivity index (χ0n) is 17.2. The molecule has 2 aromatic heterocycles. The van der Waals surface area contributed by atoms with E-state index in [1.54, 1.807) is 6.26 Å². The number of nitrogens with zero attached hydrogens (tertiary/aromatic N) is 4. The zero-order valence-corrected chi connectivity index (χ0v) is 17.2. The van der Waals surface area contributed by atoms with E-state index in [2.05, 4.69) is 52.8 Å². The first kappa shape index (κ1) is 18.5. The van der Waals surface area contributed by atoms with Gasteiger partial charge < -0.3 is 14.1 Å². The van der Waals surface area contributed by atoms with Crippen molar-refractivity contribution in [1.29, 1.82) is 0 Å². The van der Waals surface area contributed by atoms with Crippen molar-refractivity contribution in [2.24, 2.45) is 0 Å². The molecule has 2 aliphatic rings. The van der Waals surface area contributed by atoms with Crippen LogP contribution in [0.3, 0.4) is 0 Å². The van der Waals surface area contributed by atoms with Crippen molar-refractivity contribution in [2.75, 3.05) is 33.7 Å². The summed E-state index contributed by atoms with van der Waals surface area (Å²) in [4.78, 5) is 4.68. The van der Waals surface area contributed by atoms with Crippen molar-refractivity contribution in [3.8, 4) is 17.0 Å². The molecular formula is C23H28N4O2. The number of piperidine rings is 1. The van der Waals surface area contributed by atoms with Gasteiger partial charge in [0.05, 0.1) is 31.0 Å². The second kappa shape index (κ2) is 7.35. The number of para-hydroxylation sites is 1. The molecule has 0 atom stereocenters. The Bertz CT molecular complexity index is 969. The highest BCUT2D eigenvalue weighted by Crippen LogP contribution is 2.49. The minimum absolute atomic E-state index is 0.285. The number of furan rings is 1. The van der Waals surface area contributed by atoms with E-state index in [0.29, 0.717) is 0 Å². The maximum atomic E-state index is 6.70. The first-order valence-electron chi connectivity index (χ1n) is 10.4. The summed E-state index contributed by atoms with van der Waals surface area (Å²) in [5.41, 5.74) is 4.58. The topological polar surface area (TPSA) is 46.7 Å². The molecule has 3 aromatic rings. The fourth-order valence-electron chi connectivity index (χ4n) is 4.57. The molecule has 0 unspecified atom stereocenters. The van der Waals surface area contributed by atoms with Gasteiger partial charge in [-0.05, 0) is 32.3 Å². The van der Waals surface area contributed by atoms with Gasteiger partial charge >= 0.3 is 0 Å². The Labute approximate surface area is 171 Å². The fourth-order valence-corrected chi connectivity index (χ4v) is 4.57. The number of benzene rings is 1. The van der Waals surface area contributed by atoms with Crippen molar-refractivity contribution in [2.45, 2.75) is 31.5 Å². The van der Waals surface area contributed by atoms with Gasteiger partial charge in [-0.3, -0.25) is 9.58 Å². The van der Waals surface area contributed by atoms with E-state index >= 15 is 0 Å². The Morgan fingerprint density at radius 1 is 1.14 bits per heavy atom. The summed E-state index contributed by atoms with van der Waals surface area (Å²) < 4.78 is 14.1. The van der Waals surface area contributed by atoms with Crippen molar-refractivity contribution in [3.63, 3.8) is 0 Å². The van der Waals surface area contributed by atoms with Gasteiger partial charge in [0.2, 0.25) is 0 Å². The number of rotatable bonds is 5. The first-order chi connectivity index (χ1) is 14.1. The molecule has 0 amide bonds. The van der Waals surface area contributed by atoms with Crippen LogP contribution in [0.1, 0.15) is 24.0 Å². The minimum Gasteiger partial charge on any atom is -0.482 e. The number of hydrogen-bond donors (Lipinski definition) is 0. The molecule has 0 radical (unpaired) electrons. The lowest BCUT2D eigenvalue weighted by atomic mass is 9.81. The van der Waals surface area contributed by atoms with Gasteiger partial charge in [-0.1, -0.05) is 12.1 Å². The smallest absolute Gasteiger partial charge is 0.140 e. The van der Waals surface area contributed by atoms with Gasteiger partial charge in [0.15, 0.2) is 0 Å². The zero-order chi connectivity index (χ0) is 19.8. The quantitative estimate of drug-likeness (QED) is 0.664. The summed E-state index contributed by atoms with van der Waals surface area (Å²) in [5, 5.41) is 4.78. The highest BCUT2D eigenvalue weighted by atomic mass is 16.5. The largest absolute Gasteiger partial charge is 0.482 e. The molecule has 5 rings (SSSR count). The van der Waals surface area contributed by atoms with Gasteiger partial charge in [-0.25, -0.2) is 0 Å². The maximum absolute atomic E-state index is 6.70. The number of ether oxygens (including phenoxy) is 1. The van der Waals surface area contributed by atoms with Crippen LogP contribution in [0.2, 0.25) is 0 Å². The van der Waals surface area contributed by atoms with Crippen LogP contribution in [-0.4, -0.2) is 53.3 Å². The van der Waals surface area contributed by atoms with Gasteiger partial charge in [-0.15, -0.1) is 0 Å². The van der Waals surface area contributed by atoms with E-state index in [4.69, 9.17) is 14.3 Å². The average Bonchev–Trinajstić information content (AvgIpc) is 3.39. The van der Waals surface area contributed by atoms with Crippen LogP contribution in [0.5, 0.6) is 5.75 Å². The van der Waals surface area contributed by atoms with E-state index in [1.165, 1.54) is 16.8 Å². The number of aromatic nitrogens is 2. The summed E-state index contributed by atoms with van der Waals surface area (Å²) in [6.45, 7) is 4.76. The van der Waals surface area contributed by atoms with Crippen molar-refractivity contribution in [1.82, 2.24) is 19.6 Å². The molecule has 29 heavy (non-hydrogen) atoms. The van der Waals surface area contributed by atoms with Crippen LogP contribution in [-0.2, 0) is 18.7 Å². The van der Waals surface area contributed by atoms with Gasteiger partial charge in [0.25, 0.3) is 0 Å². The summed E-state index contributed by atoms with van der Waals surface area (Å²) in [7, 11) is 4.20. The van der Waals surface area contributed by atoms with Crippen LogP contribution in [0.4, 0.5) is 0 Å². The summed E-state index contributed by atoms with van der Waals surface area (Å²) in [6, 6.07) is 10.4. The summed E-state index contributed by atoms with van der Waals surface area (Å²) in [6.07, 6.45) is 7.56. The lowest BCUT2D eigenvalue weighted by Crippen LogP contribution is -2.47. The molecule has 1 fully saturated rings. The van der Waals surface area contributed by atoms with Crippen LogP contribution < -0.4 is 4.74 Å². The molecule has 2 aliphatic heterocycles. The van der Waals surface area contributed by atoms with Crippen LogP contribution in [0.25, 0.3) is 11.3 Å². The molecule has 152 valence electrons. The molecule has 0 N–H and O–H groups in total. The lowest BCUT2D eigenvalue weighted by Gasteiger charge is -2.44. The summed E-state index contributed by atoms with van der Waals surface area (Å²) in [5.74, 6) is 0.981. The standard InChI is InChI=1S/C23H28N4O2/c1-25(2)12-13-27-22-19-5-3-4-6-21(19)29-23(20(22)15-24-27)8-10-26(11-9-23)16-18-7-14-28-17-18/h3-7,14-15,17H,8-13,16H2,1-2H3. The summed E-state index contributed by atoms with van der Waals surface area (Å²) >= 11 is 0. The highest BCUT2D eigenvalue weighted by molar-refractivity contribution is 5.73. The average molecular weight is 393 g/mol. The first-order valence-corrected chi connectivity index (χ1v) is 10.4. The minimum atomic E-state index is -0.285. The number of likely N-dealkylation sites (tertiary alicyclic amines) is 1. The maximum Gasteiger partial charge on any atom is 0.140 e. The van der Waals surface area contributed by atoms with E-state index < -0.39 is 0 Å². The van der Waals surface area contributed by atoms with Crippen molar-refractivity contribution < 1.29 is 9.15 Å². The predicted molar refractivity (Wildman–Crippen MR) is 112 cm³/mol.